The van der Waals surface area contributed by atoms with Crippen LogP contribution in [0, 0.1) is 0 Å². The van der Waals surface area contributed by atoms with Crippen LogP contribution in [0.3, 0.4) is 0 Å². The molecule has 0 saturated carbocycles. The summed E-state index contributed by atoms with van der Waals surface area (Å²) in [4.78, 5) is 15.9. The highest BCUT2D eigenvalue weighted by Gasteiger charge is 2.34. The quantitative estimate of drug-likeness (QED) is 0.919. The third-order valence-electron chi connectivity index (χ3n) is 3.05. The van der Waals surface area contributed by atoms with E-state index in [1.807, 2.05) is 0 Å². The topological polar surface area (TPSA) is 51.2 Å². The van der Waals surface area contributed by atoms with E-state index < -0.39 is 23.8 Å². The largest absolute Gasteiger partial charge is 0.480 e. The van der Waals surface area contributed by atoms with Crippen LogP contribution < -0.4 is 10.1 Å². The van der Waals surface area contributed by atoms with E-state index in [0.717, 1.165) is 11.6 Å². The lowest BCUT2D eigenvalue weighted by Crippen LogP contribution is -2.36. The van der Waals surface area contributed by atoms with Crippen LogP contribution >= 0.6 is 0 Å². The summed E-state index contributed by atoms with van der Waals surface area (Å²) in [6, 6.07) is 8.29. The second kappa shape index (κ2) is 7.13. The van der Waals surface area contributed by atoms with Crippen molar-refractivity contribution in [1.29, 1.82) is 0 Å². The average Bonchev–Trinajstić information content (AvgIpc) is 2.53. The molecule has 0 saturated heterocycles. The standard InChI is InChI=1S/C16H15F3N2O2/c1-11(15(22)21-10-12-5-4-8-20-9-12)23-14-7-3-2-6-13(14)16(17,18)19/h2-9,11H,10H2,1H3,(H,21,22)/t11-/m0/s1. The smallest absolute Gasteiger partial charge is 0.419 e. The van der Waals surface area contributed by atoms with Gasteiger partial charge in [0.25, 0.3) is 5.91 Å². The first-order valence-corrected chi connectivity index (χ1v) is 6.87. The van der Waals surface area contributed by atoms with Gasteiger partial charge in [-0.25, -0.2) is 0 Å². The SMILES string of the molecule is C[C@H](Oc1ccccc1C(F)(F)F)C(=O)NCc1cccnc1. The minimum absolute atomic E-state index is 0.224. The van der Waals surface area contributed by atoms with Crippen molar-refractivity contribution in [2.75, 3.05) is 0 Å². The molecule has 4 nitrogen and oxygen atoms in total. The van der Waals surface area contributed by atoms with Gasteiger partial charge in [0.1, 0.15) is 5.75 Å². The first-order chi connectivity index (χ1) is 10.9. The molecule has 1 atom stereocenters. The number of pyridine rings is 1. The normalized spacial score (nSPS) is 12.5. The second-order valence-electron chi connectivity index (χ2n) is 4.83. The number of hydrogen-bond donors (Lipinski definition) is 1. The number of amides is 1. The van der Waals surface area contributed by atoms with Crippen molar-refractivity contribution < 1.29 is 22.7 Å². The van der Waals surface area contributed by atoms with E-state index in [9.17, 15) is 18.0 Å². The van der Waals surface area contributed by atoms with Crippen LogP contribution in [0.15, 0.2) is 48.8 Å². The molecule has 1 heterocycles. The lowest BCUT2D eigenvalue weighted by molar-refractivity contribution is -0.140. The number of benzene rings is 1. The van der Waals surface area contributed by atoms with Crippen LogP contribution in [-0.4, -0.2) is 17.0 Å². The molecule has 2 aromatic rings. The first-order valence-electron chi connectivity index (χ1n) is 6.87. The van der Waals surface area contributed by atoms with Crippen molar-refractivity contribution in [2.24, 2.45) is 0 Å². The van der Waals surface area contributed by atoms with E-state index >= 15 is 0 Å². The van der Waals surface area contributed by atoms with Crippen LogP contribution in [0.5, 0.6) is 5.75 Å². The van der Waals surface area contributed by atoms with Gasteiger partial charge in [-0.3, -0.25) is 9.78 Å². The number of alkyl halides is 3. The van der Waals surface area contributed by atoms with E-state index in [1.165, 1.54) is 25.1 Å². The van der Waals surface area contributed by atoms with Crippen molar-refractivity contribution >= 4 is 5.91 Å². The maximum absolute atomic E-state index is 12.9. The molecular formula is C16H15F3N2O2. The van der Waals surface area contributed by atoms with Gasteiger partial charge in [-0.2, -0.15) is 13.2 Å². The average molecular weight is 324 g/mol. The van der Waals surface area contributed by atoms with Crippen molar-refractivity contribution in [3.63, 3.8) is 0 Å². The molecule has 0 unspecified atom stereocenters. The second-order valence-corrected chi connectivity index (χ2v) is 4.83. The number of para-hydroxylation sites is 1. The molecule has 0 radical (unpaired) electrons. The highest BCUT2D eigenvalue weighted by Crippen LogP contribution is 2.36. The Labute approximate surface area is 131 Å². The summed E-state index contributed by atoms with van der Waals surface area (Å²) in [6.07, 6.45) is -2.41. The zero-order valence-electron chi connectivity index (χ0n) is 12.3. The molecule has 1 aromatic heterocycles. The van der Waals surface area contributed by atoms with E-state index in [4.69, 9.17) is 4.74 Å². The Morgan fingerprint density at radius 1 is 1.26 bits per heavy atom. The Morgan fingerprint density at radius 3 is 2.65 bits per heavy atom. The number of carbonyl (C=O) groups excluding carboxylic acids is 1. The maximum atomic E-state index is 12.9. The maximum Gasteiger partial charge on any atom is 0.419 e. The Balaban J connectivity index is 1.99. The Bertz CT molecular complexity index is 660. The third kappa shape index (κ3) is 4.70. The fourth-order valence-electron chi connectivity index (χ4n) is 1.88. The van der Waals surface area contributed by atoms with Crippen molar-refractivity contribution in [3.05, 3.63) is 59.9 Å². The van der Waals surface area contributed by atoms with Crippen molar-refractivity contribution in [3.8, 4) is 5.75 Å². The van der Waals surface area contributed by atoms with Crippen molar-refractivity contribution in [1.82, 2.24) is 10.3 Å². The molecule has 0 aliphatic carbocycles. The number of nitrogens with one attached hydrogen (secondary N) is 1. The van der Waals surface area contributed by atoms with Crippen LogP contribution in [0.4, 0.5) is 13.2 Å². The lowest BCUT2D eigenvalue weighted by atomic mass is 10.2. The molecule has 0 aliphatic rings. The number of nitrogens with zero attached hydrogens (tertiary/aromatic N) is 1. The van der Waals surface area contributed by atoms with Gasteiger partial charge in [0, 0.05) is 18.9 Å². The fourth-order valence-corrected chi connectivity index (χ4v) is 1.88. The van der Waals surface area contributed by atoms with E-state index in [0.29, 0.717) is 0 Å². The molecule has 1 N–H and O–H groups in total. The van der Waals surface area contributed by atoms with Gasteiger partial charge in [0.15, 0.2) is 6.10 Å². The van der Waals surface area contributed by atoms with Gasteiger partial charge >= 0.3 is 6.18 Å². The zero-order chi connectivity index (χ0) is 16.9. The van der Waals surface area contributed by atoms with E-state index in [1.54, 1.807) is 24.5 Å². The first kappa shape index (κ1) is 16.8. The highest BCUT2D eigenvalue weighted by molar-refractivity contribution is 5.80. The van der Waals surface area contributed by atoms with Gasteiger partial charge in [-0.15, -0.1) is 0 Å². The molecule has 1 aromatic carbocycles. The van der Waals surface area contributed by atoms with E-state index in [-0.39, 0.29) is 12.3 Å². The van der Waals surface area contributed by atoms with Crippen LogP contribution in [0.25, 0.3) is 0 Å². The third-order valence-corrected chi connectivity index (χ3v) is 3.05. The molecule has 0 fully saturated rings. The number of halogens is 3. The van der Waals surface area contributed by atoms with Crippen LogP contribution in [0.1, 0.15) is 18.1 Å². The molecule has 1 amide bonds. The molecular weight excluding hydrogens is 309 g/mol. The number of aromatic nitrogens is 1. The molecule has 0 bridgehead atoms. The molecule has 0 spiro atoms. The predicted octanol–water partition coefficient (Wildman–Crippen LogP) is 3.18. The summed E-state index contributed by atoms with van der Waals surface area (Å²) in [5, 5.41) is 2.59. The number of hydrogen-bond acceptors (Lipinski definition) is 3. The molecule has 122 valence electrons. The van der Waals surface area contributed by atoms with Gasteiger partial charge in [-0.05, 0) is 30.7 Å². The molecule has 2 rings (SSSR count). The predicted molar refractivity (Wildman–Crippen MR) is 77.6 cm³/mol. The monoisotopic (exact) mass is 324 g/mol. The Kier molecular flexibility index (Phi) is 5.20. The minimum atomic E-state index is -4.54. The summed E-state index contributed by atoms with van der Waals surface area (Å²) < 4.78 is 43.8. The summed E-state index contributed by atoms with van der Waals surface area (Å²) in [6.45, 7) is 1.62. The van der Waals surface area contributed by atoms with Gasteiger partial charge in [0.05, 0.1) is 5.56 Å². The van der Waals surface area contributed by atoms with Gasteiger partial charge < -0.3 is 10.1 Å². The van der Waals surface area contributed by atoms with Gasteiger partial charge in [0.2, 0.25) is 0 Å². The molecule has 23 heavy (non-hydrogen) atoms. The van der Waals surface area contributed by atoms with Gasteiger partial charge in [-0.1, -0.05) is 18.2 Å². The van der Waals surface area contributed by atoms with Crippen molar-refractivity contribution in [2.45, 2.75) is 25.7 Å². The number of ether oxygens (including phenoxy) is 1. The number of rotatable bonds is 5. The molecule has 0 aliphatic heterocycles. The Hall–Kier alpha value is -2.57. The highest BCUT2D eigenvalue weighted by atomic mass is 19.4. The summed E-state index contributed by atoms with van der Waals surface area (Å²) >= 11 is 0. The zero-order valence-corrected chi connectivity index (χ0v) is 12.3. The lowest BCUT2D eigenvalue weighted by Gasteiger charge is -2.18. The number of carbonyl (C=O) groups is 1. The van der Waals surface area contributed by atoms with E-state index in [2.05, 4.69) is 10.3 Å². The summed E-state index contributed by atoms with van der Waals surface area (Å²) in [7, 11) is 0. The molecule has 7 heteroatoms. The van der Waals surface area contributed by atoms with Crippen LogP contribution in [-0.2, 0) is 17.5 Å². The van der Waals surface area contributed by atoms with Crippen LogP contribution in [0.2, 0.25) is 0 Å². The summed E-state index contributed by atoms with van der Waals surface area (Å²) in [5.74, 6) is -0.880. The fraction of sp³-hybridized carbons (Fsp3) is 0.250. The Morgan fingerprint density at radius 2 is 2.00 bits per heavy atom. The summed E-state index contributed by atoms with van der Waals surface area (Å²) in [5.41, 5.74) is -0.129. The minimum Gasteiger partial charge on any atom is -0.480 e.